The van der Waals surface area contributed by atoms with Crippen molar-refractivity contribution in [2.24, 2.45) is 5.73 Å². The second-order valence-electron chi connectivity index (χ2n) is 5.17. The Balaban J connectivity index is 1.84. The molecule has 4 rings (SSSR count). The number of thiazole rings is 1. The first-order valence-electron chi connectivity index (χ1n) is 6.93. The lowest BCUT2D eigenvalue weighted by Crippen LogP contribution is -2.10. The molecule has 2 heterocycles. The van der Waals surface area contributed by atoms with Crippen molar-refractivity contribution in [3.63, 3.8) is 0 Å². The highest BCUT2D eigenvalue weighted by Gasteiger charge is 2.11. The number of aldehydes is 1. The van der Waals surface area contributed by atoms with Gasteiger partial charge < -0.3 is 5.73 Å². The Labute approximate surface area is 135 Å². The minimum atomic E-state index is -0.436. The van der Waals surface area contributed by atoms with E-state index in [1.807, 2.05) is 28.8 Å². The minimum absolute atomic E-state index is 0.436. The number of fused-ring (bicyclic) bond motifs is 3. The maximum absolute atomic E-state index is 11.3. The van der Waals surface area contributed by atoms with E-state index in [0.29, 0.717) is 11.1 Å². The highest BCUT2D eigenvalue weighted by Crippen LogP contribution is 2.30. The fourth-order valence-electron chi connectivity index (χ4n) is 2.53. The van der Waals surface area contributed by atoms with E-state index in [4.69, 9.17) is 5.73 Å². The Morgan fingerprint density at radius 1 is 1.17 bits per heavy atom. The molecule has 0 fully saturated rings. The molecule has 0 bridgehead atoms. The third kappa shape index (κ3) is 2.20. The molecule has 5 nitrogen and oxygen atoms in total. The fourth-order valence-corrected chi connectivity index (χ4v) is 3.57. The molecular weight excluding hydrogens is 310 g/mol. The number of amides is 1. The quantitative estimate of drug-likeness (QED) is 0.589. The Kier molecular flexibility index (Phi) is 2.99. The van der Waals surface area contributed by atoms with Crippen LogP contribution in [0.1, 0.15) is 20.7 Å². The van der Waals surface area contributed by atoms with Gasteiger partial charge in [-0.05, 0) is 18.2 Å². The molecule has 0 spiro atoms. The molecule has 0 radical (unpaired) electrons. The van der Waals surface area contributed by atoms with E-state index >= 15 is 0 Å². The van der Waals surface area contributed by atoms with Crippen LogP contribution in [-0.2, 0) is 0 Å². The Morgan fingerprint density at radius 2 is 1.96 bits per heavy atom. The van der Waals surface area contributed by atoms with Crippen LogP contribution in [0.4, 0.5) is 0 Å². The molecule has 0 atom stereocenters. The monoisotopic (exact) mass is 321 g/mol. The van der Waals surface area contributed by atoms with Crippen molar-refractivity contribution in [2.45, 2.75) is 0 Å². The van der Waals surface area contributed by atoms with Crippen LogP contribution in [0.15, 0.2) is 48.7 Å². The maximum atomic E-state index is 11.3. The average Bonchev–Trinajstić information content (AvgIpc) is 3.12. The highest BCUT2D eigenvalue weighted by atomic mass is 32.1. The van der Waals surface area contributed by atoms with Crippen LogP contribution in [0.3, 0.4) is 0 Å². The van der Waals surface area contributed by atoms with Crippen LogP contribution in [-0.4, -0.2) is 21.6 Å². The first kappa shape index (κ1) is 13.7. The summed E-state index contributed by atoms with van der Waals surface area (Å²) in [4.78, 5) is 27.5. The Morgan fingerprint density at radius 3 is 2.65 bits per heavy atom. The largest absolute Gasteiger partial charge is 0.366 e. The van der Waals surface area contributed by atoms with Crippen molar-refractivity contribution >= 4 is 38.7 Å². The molecule has 2 aromatic heterocycles. The molecule has 0 unspecified atom stereocenters. The summed E-state index contributed by atoms with van der Waals surface area (Å²) in [6.07, 6.45) is 2.77. The summed E-state index contributed by atoms with van der Waals surface area (Å²) in [5.41, 5.74) is 9.23. The second-order valence-corrected chi connectivity index (χ2v) is 6.18. The zero-order chi connectivity index (χ0) is 16.0. The molecule has 2 N–H and O–H groups in total. The fraction of sp³-hybridized carbons (Fsp3) is 0. The molecule has 0 saturated carbocycles. The molecule has 1 amide bonds. The lowest BCUT2D eigenvalue weighted by atomic mass is 10.1. The molecular formula is C17H11N3O2S. The van der Waals surface area contributed by atoms with Crippen LogP contribution in [0.5, 0.6) is 0 Å². The van der Waals surface area contributed by atoms with Crippen LogP contribution in [0.2, 0.25) is 0 Å². The summed E-state index contributed by atoms with van der Waals surface area (Å²) < 4.78 is 2.96. The van der Waals surface area contributed by atoms with E-state index in [1.54, 1.807) is 24.3 Å². The zero-order valence-corrected chi connectivity index (χ0v) is 12.7. The van der Waals surface area contributed by atoms with Crippen molar-refractivity contribution in [3.8, 4) is 11.3 Å². The van der Waals surface area contributed by atoms with Crippen molar-refractivity contribution in [1.29, 1.82) is 0 Å². The van der Waals surface area contributed by atoms with Crippen molar-refractivity contribution in [2.75, 3.05) is 0 Å². The molecule has 0 saturated heterocycles. The van der Waals surface area contributed by atoms with Crippen LogP contribution in [0.25, 0.3) is 26.4 Å². The molecule has 23 heavy (non-hydrogen) atoms. The summed E-state index contributed by atoms with van der Waals surface area (Å²) in [5.74, 6) is -0.436. The van der Waals surface area contributed by atoms with Gasteiger partial charge in [0.05, 0.1) is 15.9 Å². The SMILES string of the molecule is NC(=O)c1ccc2c(c1)sc1nc(-c3ccc(C=O)cc3)cn12. The number of nitrogens with two attached hydrogens (primary N) is 1. The molecule has 2 aromatic carbocycles. The van der Waals surface area contributed by atoms with E-state index in [-0.39, 0.29) is 0 Å². The van der Waals surface area contributed by atoms with Gasteiger partial charge in [0.25, 0.3) is 0 Å². The number of imidazole rings is 1. The van der Waals surface area contributed by atoms with Gasteiger partial charge >= 0.3 is 0 Å². The van der Waals surface area contributed by atoms with Crippen molar-refractivity contribution < 1.29 is 9.59 Å². The number of hydrogen-bond donors (Lipinski definition) is 1. The number of carbonyl (C=O) groups excluding carboxylic acids is 2. The number of nitrogens with zero attached hydrogens (tertiary/aromatic N) is 2. The average molecular weight is 321 g/mol. The Bertz CT molecular complexity index is 1060. The van der Waals surface area contributed by atoms with E-state index in [0.717, 1.165) is 32.7 Å². The number of primary amides is 1. The number of hydrogen-bond acceptors (Lipinski definition) is 4. The summed E-state index contributed by atoms with van der Waals surface area (Å²) in [6, 6.07) is 12.7. The predicted molar refractivity (Wildman–Crippen MR) is 89.9 cm³/mol. The predicted octanol–water partition coefficient (Wildman–Crippen LogP) is 3.13. The van der Waals surface area contributed by atoms with Crippen molar-refractivity contribution in [1.82, 2.24) is 9.38 Å². The smallest absolute Gasteiger partial charge is 0.248 e. The van der Waals surface area contributed by atoms with E-state index in [1.165, 1.54) is 11.3 Å². The van der Waals surface area contributed by atoms with Gasteiger partial charge in [-0.3, -0.25) is 14.0 Å². The number of benzene rings is 2. The summed E-state index contributed by atoms with van der Waals surface area (Å²) >= 11 is 1.50. The minimum Gasteiger partial charge on any atom is -0.366 e. The number of carbonyl (C=O) groups is 2. The van der Waals surface area contributed by atoms with Gasteiger partial charge in [-0.15, -0.1) is 0 Å². The third-order valence-corrected chi connectivity index (χ3v) is 4.74. The summed E-state index contributed by atoms with van der Waals surface area (Å²) in [6.45, 7) is 0. The first-order chi connectivity index (χ1) is 11.2. The molecule has 0 aliphatic rings. The lowest BCUT2D eigenvalue weighted by Gasteiger charge is -1.97. The molecule has 0 aliphatic heterocycles. The zero-order valence-electron chi connectivity index (χ0n) is 11.9. The first-order valence-corrected chi connectivity index (χ1v) is 7.74. The topological polar surface area (TPSA) is 77.5 Å². The van der Waals surface area contributed by atoms with E-state index < -0.39 is 5.91 Å². The van der Waals surface area contributed by atoms with E-state index in [2.05, 4.69) is 4.98 Å². The Hall–Kier alpha value is -2.99. The second kappa shape index (κ2) is 5.03. The summed E-state index contributed by atoms with van der Waals surface area (Å²) in [7, 11) is 0. The van der Waals surface area contributed by atoms with E-state index in [9.17, 15) is 9.59 Å². The van der Waals surface area contributed by atoms with Gasteiger partial charge in [-0.2, -0.15) is 0 Å². The summed E-state index contributed by atoms with van der Waals surface area (Å²) in [5, 5.41) is 0. The van der Waals surface area contributed by atoms with Gasteiger partial charge in [0, 0.05) is 22.9 Å². The normalized spacial score (nSPS) is 11.1. The number of aromatic nitrogens is 2. The molecule has 112 valence electrons. The van der Waals surface area contributed by atoms with Gasteiger partial charge in [0.2, 0.25) is 5.91 Å². The van der Waals surface area contributed by atoms with Crippen LogP contribution in [0, 0.1) is 0 Å². The van der Waals surface area contributed by atoms with Crippen LogP contribution < -0.4 is 5.73 Å². The molecule has 4 aromatic rings. The van der Waals surface area contributed by atoms with Gasteiger partial charge in [0.15, 0.2) is 4.96 Å². The van der Waals surface area contributed by atoms with Gasteiger partial charge in [-0.25, -0.2) is 4.98 Å². The van der Waals surface area contributed by atoms with Crippen LogP contribution >= 0.6 is 11.3 Å². The van der Waals surface area contributed by atoms with Crippen molar-refractivity contribution in [3.05, 3.63) is 59.8 Å². The number of rotatable bonds is 3. The van der Waals surface area contributed by atoms with Gasteiger partial charge in [-0.1, -0.05) is 35.6 Å². The maximum Gasteiger partial charge on any atom is 0.248 e. The molecule has 0 aliphatic carbocycles. The molecule has 6 heteroatoms. The third-order valence-electron chi connectivity index (χ3n) is 3.72. The standard InChI is InChI=1S/C17H11N3O2S/c18-16(22)12-5-6-14-15(7-12)23-17-19-13(8-20(14)17)11-3-1-10(9-21)2-4-11/h1-9H,(H2,18,22). The van der Waals surface area contributed by atoms with Gasteiger partial charge in [0.1, 0.15) is 6.29 Å². The lowest BCUT2D eigenvalue weighted by molar-refractivity contribution is 0.1000. The highest BCUT2D eigenvalue weighted by molar-refractivity contribution is 7.23.